The summed E-state index contributed by atoms with van der Waals surface area (Å²) >= 11 is 0. The van der Waals surface area contributed by atoms with Gasteiger partial charge in [0.25, 0.3) is 5.72 Å². The molecule has 1 aliphatic rings. The number of rotatable bonds is 3. The number of anilines is 1. The third-order valence-electron chi connectivity index (χ3n) is 3.98. The second kappa shape index (κ2) is 5.64. The Kier molecular flexibility index (Phi) is 3.76. The molecule has 9 nitrogen and oxygen atoms in total. The fourth-order valence-electron chi connectivity index (χ4n) is 2.96. The van der Waals surface area contributed by atoms with Crippen molar-refractivity contribution in [2.75, 3.05) is 12.4 Å². The predicted octanol–water partition coefficient (Wildman–Crippen LogP) is -0.106. The molecule has 1 aromatic carbocycles. The van der Waals surface area contributed by atoms with Crippen molar-refractivity contribution in [1.29, 1.82) is 0 Å². The summed E-state index contributed by atoms with van der Waals surface area (Å²) in [6.07, 6.45) is 0. The van der Waals surface area contributed by atoms with E-state index in [-0.39, 0.29) is 11.5 Å². The second-order valence-corrected chi connectivity index (χ2v) is 5.38. The first-order valence-electron chi connectivity index (χ1n) is 7.02. The number of hydrogen-bond acceptors (Lipinski definition) is 8. The fourth-order valence-corrected chi connectivity index (χ4v) is 2.96. The third-order valence-corrected chi connectivity index (χ3v) is 3.98. The van der Waals surface area contributed by atoms with E-state index in [0.29, 0.717) is 0 Å². The second-order valence-electron chi connectivity index (χ2n) is 5.38. The lowest BCUT2D eigenvalue weighted by Crippen LogP contribution is -2.61. The molecule has 1 aliphatic heterocycles. The van der Waals surface area contributed by atoms with Gasteiger partial charge in [-0.3, -0.25) is 4.79 Å². The summed E-state index contributed by atoms with van der Waals surface area (Å²) in [7, 11) is 1.06. The predicted molar refractivity (Wildman–Crippen MR) is 77.1 cm³/mol. The molecule has 0 radical (unpaired) electrons. The van der Waals surface area contributed by atoms with E-state index in [9.17, 15) is 19.1 Å². The maximum Gasteiger partial charge on any atom is 0.360 e. The molecule has 2 heterocycles. The topological polar surface area (TPSA) is 119 Å². The van der Waals surface area contributed by atoms with Crippen LogP contribution in [0.25, 0.3) is 0 Å². The Bertz CT molecular complexity index is 810. The first-order valence-corrected chi connectivity index (χ1v) is 7.02. The zero-order chi connectivity index (χ0) is 17.5. The zero-order valence-electron chi connectivity index (χ0n) is 12.8. The molecule has 0 spiro atoms. The van der Waals surface area contributed by atoms with Crippen molar-refractivity contribution in [2.45, 2.75) is 18.7 Å². The molecule has 0 aliphatic carbocycles. The molecule has 0 amide bonds. The number of aliphatic hydroxyl groups is 1. The molecule has 2 N–H and O–H groups in total. The normalized spacial score (nSPS) is 25.5. The summed E-state index contributed by atoms with van der Waals surface area (Å²) in [4.78, 5) is 24.4. The van der Waals surface area contributed by atoms with Crippen LogP contribution in [0, 0.1) is 11.7 Å². The van der Waals surface area contributed by atoms with Gasteiger partial charge >= 0.3 is 5.97 Å². The van der Waals surface area contributed by atoms with Crippen molar-refractivity contribution in [3.63, 3.8) is 0 Å². The number of aromatic nitrogens is 4. The molecule has 1 aromatic heterocycles. The lowest BCUT2D eigenvalue weighted by atomic mass is 9.80. The molecule has 24 heavy (non-hydrogen) atoms. The van der Waals surface area contributed by atoms with Gasteiger partial charge in [-0.1, -0.05) is 23.3 Å². The Labute approximate surface area is 135 Å². The third kappa shape index (κ3) is 2.22. The largest absolute Gasteiger partial charge is 0.465 e. The molecule has 0 saturated heterocycles. The van der Waals surface area contributed by atoms with E-state index < -0.39 is 35.3 Å². The number of hydrogen-bond donors (Lipinski definition) is 2. The zero-order valence-corrected chi connectivity index (χ0v) is 12.8. The number of halogens is 1. The lowest BCUT2D eigenvalue weighted by molar-refractivity contribution is -0.170. The maximum absolute atomic E-state index is 14.3. The van der Waals surface area contributed by atoms with Crippen LogP contribution >= 0.6 is 0 Å². The smallest absolute Gasteiger partial charge is 0.360 e. The van der Waals surface area contributed by atoms with Gasteiger partial charge in [0.1, 0.15) is 23.6 Å². The quantitative estimate of drug-likeness (QED) is 0.746. The summed E-state index contributed by atoms with van der Waals surface area (Å²) in [6, 6.07) is 4.56. The number of nitrogens with one attached hydrogen (secondary N) is 1. The number of carbonyl (C=O) groups excluding carboxylic acids is 2. The van der Waals surface area contributed by atoms with Crippen LogP contribution in [0.1, 0.15) is 18.5 Å². The number of benzene rings is 1. The number of methoxy groups -OCH3 is 1. The van der Waals surface area contributed by atoms with Crippen LogP contribution in [0.3, 0.4) is 0 Å². The SMILES string of the molecule is COC(=O)C1(O)Nc2nnnn2C(c2ccccc2F)C1C(C)=O. The fraction of sp³-hybridized carbons (Fsp3) is 0.357. The highest BCUT2D eigenvalue weighted by atomic mass is 19.1. The molecule has 126 valence electrons. The van der Waals surface area contributed by atoms with Crippen LogP contribution in [0.2, 0.25) is 0 Å². The van der Waals surface area contributed by atoms with E-state index >= 15 is 0 Å². The van der Waals surface area contributed by atoms with E-state index in [4.69, 9.17) is 0 Å². The molecule has 0 saturated carbocycles. The van der Waals surface area contributed by atoms with E-state index in [2.05, 4.69) is 25.6 Å². The van der Waals surface area contributed by atoms with Gasteiger partial charge in [0, 0.05) is 5.56 Å². The summed E-state index contributed by atoms with van der Waals surface area (Å²) in [5.41, 5.74) is -2.37. The summed E-state index contributed by atoms with van der Waals surface area (Å²) in [5, 5.41) is 24.1. The number of Topliss-reactive ketones (excluding diaryl/α,β-unsaturated/α-hetero) is 1. The Hall–Kier alpha value is -2.88. The van der Waals surface area contributed by atoms with Crippen LogP contribution in [0.5, 0.6) is 0 Å². The number of ether oxygens (including phenoxy) is 1. The van der Waals surface area contributed by atoms with E-state index in [0.717, 1.165) is 11.8 Å². The molecular weight excluding hydrogens is 321 g/mol. The molecule has 0 bridgehead atoms. The van der Waals surface area contributed by atoms with Gasteiger partial charge in [0.15, 0.2) is 0 Å². The van der Waals surface area contributed by atoms with Gasteiger partial charge in [-0.2, -0.15) is 0 Å². The number of fused-ring (bicyclic) bond motifs is 1. The number of carbonyl (C=O) groups is 2. The van der Waals surface area contributed by atoms with Gasteiger partial charge in [0.2, 0.25) is 5.95 Å². The van der Waals surface area contributed by atoms with Crippen LogP contribution in [-0.2, 0) is 14.3 Å². The Morgan fingerprint density at radius 2 is 2.12 bits per heavy atom. The lowest BCUT2D eigenvalue weighted by Gasteiger charge is -2.41. The van der Waals surface area contributed by atoms with E-state index in [1.807, 2.05) is 0 Å². The number of tetrazole rings is 1. The van der Waals surface area contributed by atoms with Crippen molar-refractivity contribution >= 4 is 17.7 Å². The van der Waals surface area contributed by atoms with Crippen LogP contribution in [-0.4, -0.2) is 49.9 Å². The van der Waals surface area contributed by atoms with Crippen molar-refractivity contribution in [3.8, 4) is 0 Å². The first-order chi connectivity index (χ1) is 11.4. The average molecular weight is 335 g/mol. The van der Waals surface area contributed by atoms with E-state index in [1.54, 1.807) is 6.07 Å². The number of esters is 1. The van der Waals surface area contributed by atoms with Gasteiger partial charge in [-0.25, -0.2) is 13.9 Å². The van der Waals surface area contributed by atoms with E-state index in [1.165, 1.54) is 25.1 Å². The Balaban J connectivity index is 2.26. The molecule has 0 fully saturated rings. The Morgan fingerprint density at radius 1 is 1.42 bits per heavy atom. The summed E-state index contributed by atoms with van der Waals surface area (Å²) in [5.74, 6) is -3.78. The van der Waals surface area contributed by atoms with Crippen LogP contribution < -0.4 is 5.32 Å². The van der Waals surface area contributed by atoms with Gasteiger partial charge < -0.3 is 15.2 Å². The average Bonchev–Trinajstić information content (AvgIpc) is 3.00. The molecule has 10 heteroatoms. The first kappa shape index (κ1) is 16.0. The van der Waals surface area contributed by atoms with Crippen molar-refractivity contribution in [1.82, 2.24) is 20.2 Å². The highest BCUT2D eigenvalue weighted by molar-refractivity contribution is 5.92. The highest BCUT2D eigenvalue weighted by Crippen LogP contribution is 2.41. The van der Waals surface area contributed by atoms with Gasteiger partial charge in [-0.15, -0.1) is 0 Å². The summed E-state index contributed by atoms with van der Waals surface area (Å²) in [6.45, 7) is 1.18. The molecule has 3 rings (SSSR count). The van der Waals surface area contributed by atoms with Gasteiger partial charge in [-0.05, 0) is 23.4 Å². The van der Waals surface area contributed by atoms with Crippen LogP contribution in [0.15, 0.2) is 24.3 Å². The Morgan fingerprint density at radius 3 is 2.75 bits per heavy atom. The van der Waals surface area contributed by atoms with Crippen molar-refractivity contribution < 1.29 is 23.8 Å². The summed E-state index contributed by atoms with van der Waals surface area (Å²) < 4.78 is 20.1. The van der Waals surface area contributed by atoms with Crippen LogP contribution in [0.4, 0.5) is 10.3 Å². The van der Waals surface area contributed by atoms with Gasteiger partial charge in [0.05, 0.1) is 7.11 Å². The molecular formula is C14H14FN5O4. The minimum Gasteiger partial charge on any atom is -0.465 e. The minimum absolute atomic E-state index is 0.0649. The molecule has 3 atom stereocenters. The monoisotopic (exact) mass is 335 g/mol. The maximum atomic E-state index is 14.3. The van der Waals surface area contributed by atoms with Crippen molar-refractivity contribution in [3.05, 3.63) is 35.6 Å². The molecule has 2 aromatic rings. The van der Waals surface area contributed by atoms with Crippen molar-refractivity contribution in [2.24, 2.45) is 5.92 Å². The minimum atomic E-state index is -2.43. The highest BCUT2D eigenvalue weighted by Gasteiger charge is 2.57. The standard InChI is InChI=1S/C14H14FN5O4/c1-7(21)10-11(8-5-3-4-6-9(8)15)20-13(17-18-19-20)16-14(10,23)12(22)24-2/h3-6,10-11,23H,1-2H3,(H,16,17,19). The number of ketones is 1. The molecule has 3 unspecified atom stereocenters. The number of nitrogens with zero attached hydrogens (tertiary/aromatic N) is 4.